The zero-order valence-electron chi connectivity index (χ0n) is 6.71. The van der Waals surface area contributed by atoms with Gasteiger partial charge in [0.2, 0.25) is 0 Å². The van der Waals surface area contributed by atoms with Crippen molar-refractivity contribution in [2.45, 2.75) is 32.6 Å². The summed E-state index contributed by atoms with van der Waals surface area (Å²) in [5, 5.41) is 8.05. The molecule has 0 fully saturated rings. The van der Waals surface area contributed by atoms with Gasteiger partial charge in [-0.3, -0.25) is 0 Å². The summed E-state index contributed by atoms with van der Waals surface area (Å²) in [7, 11) is 0. The summed E-state index contributed by atoms with van der Waals surface area (Å²) in [4.78, 5) is 9.81. The maximum absolute atomic E-state index is 9.81. The molecule has 0 aromatic heterocycles. The van der Waals surface area contributed by atoms with Crippen LogP contribution in [0.2, 0.25) is 0 Å². The van der Waals surface area contributed by atoms with Crippen molar-refractivity contribution < 1.29 is 14.6 Å². The van der Waals surface area contributed by atoms with Crippen LogP contribution in [-0.4, -0.2) is 17.9 Å². The molecule has 0 amide bonds. The Balaban J connectivity index is 0. The molecule has 0 saturated heterocycles. The molecule has 0 aliphatic heterocycles. The Morgan fingerprint density at radius 2 is 2.00 bits per heavy atom. The van der Waals surface area contributed by atoms with Crippen molar-refractivity contribution in [3.63, 3.8) is 0 Å². The molecule has 0 spiro atoms. The molecule has 0 radical (unpaired) electrons. The average Bonchev–Trinajstić information content (AvgIpc) is 1.87. The SMILES string of the molecule is CCCCCCOC(=O)O.I. The standard InChI is InChI=1S/C7H14O3.HI/c1-2-3-4-5-6-10-7(8)9;/h2-6H2,1H3,(H,8,9);1H. The van der Waals surface area contributed by atoms with E-state index in [2.05, 4.69) is 11.7 Å². The summed E-state index contributed by atoms with van der Waals surface area (Å²) in [5.74, 6) is 0. The second kappa shape index (κ2) is 10.0. The van der Waals surface area contributed by atoms with Gasteiger partial charge < -0.3 is 9.84 Å². The predicted molar refractivity (Wildman–Crippen MR) is 53.5 cm³/mol. The first kappa shape index (κ1) is 13.6. The van der Waals surface area contributed by atoms with Crippen LogP contribution in [0.15, 0.2) is 0 Å². The number of hydrogen-bond acceptors (Lipinski definition) is 2. The lowest BCUT2D eigenvalue weighted by Crippen LogP contribution is -2.01. The summed E-state index contributed by atoms with van der Waals surface area (Å²) in [5.41, 5.74) is 0. The smallest absolute Gasteiger partial charge is 0.450 e. The van der Waals surface area contributed by atoms with Crippen molar-refractivity contribution in [2.75, 3.05) is 6.61 Å². The fourth-order valence-corrected chi connectivity index (χ4v) is 0.688. The van der Waals surface area contributed by atoms with Crippen LogP contribution in [0.25, 0.3) is 0 Å². The van der Waals surface area contributed by atoms with Crippen LogP contribution in [0, 0.1) is 0 Å². The molecule has 0 aliphatic rings. The van der Waals surface area contributed by atoms with E-state index in [9.17, 15) is 4.79 Å². The highest BCUT2D eigenvalue weighted by atomic mass is 127. The van der Waals surface area contributed by atoms with Gasteiger partial charge in [-0.05, 0) is 6.42 Å². The van der Waals surface area contributed by atoms with Crippen LogP contribution in [0.1, 0.15) is 32.6 Å². The first-order chi connectivity index (χ1) is 4.77. The minimum absolute atomic E-state index is 0. The number of hydrogen-bond donors (Lipinski definition) is 1. The number of ether oxygens (including phenoxy) is 1. The summed E-state index contributed by atoms with van der Waals surface area (Å²) in [6.45, 7) is 2.45. The molecule has 1 N–H and O–H groups in total. The van der Waals surface area contributed by atoms with Gasteiger partial charge in [0.05, 0.1) is 6.61 Å². The second-order valence-electron chi connectivity index (χ2n) is 2.18. The van der Waals surface area contributed by atoms with Crippen molar-refractivity contribution in [3.05, 3.63) is 0 Å². The van der Waals surface area contributed by atoms with Crippen LogP contribution in [-0.2, 0) is 4.74 Å². The highest BCUT2D eigenvalue weighted by molar-refractivity contribution is 14.0. The Kier molecular flexibility index (Phi) is 12.3. The average molecular weight is 274 g/mol. The molecule has 11 heavy (non-hydrogen) atoms. The van der Waals surface area contributed by atoms with E-state index in [1.54, 1.807) is 0 Å². The van der Waals surface area contributed by atoms with Gasteiger partial charge in [-0.1, -0.05) is 26.2 Å². The molecule has 0 aliphatic carbocycles. The highest BCUT2D eigenvalue weighted by Crippen LogP contribution is 1.98. The van der Waals surface area contributed by atoms with Crippen LogP contribution in [0.3, 0.4) is 0 Å². The van der Waals surface area contributed by atoms with E-state index < -0.39 is 6.16 Å². The summed E-state index contributed by atoms with van der Waals surface area (Å²) in [6, 6.07) is 0. The third-order valence-corrected chi connectivity index (χ3v) is 1.22. The third kappa shape index (κ3) is 13.1. The largest absolute Gasteiger partial charge is 0.505 e. The molecule has 68 valence electrons. The lowest BCUT2D eigenvalue weighted by Gasteiger charge is -1.98. The number of unbranched alkanes of at least 4 members (excludes halogenated alkanes) is 3. The van der Waals surface area contributed by atoms with Crippen LogP contribution in [0.4, 0.5) is 4.79 Å². The molecular formula is C7H15IO3. The predicted octanol–water partition coefficient (Wildman–Crippen LogP) is 2.88. The van der Waals surface area contributed by atoms with Crippen LogP contribution >= 0.6 is 24.0 Å². The molecule has 0 rings (SSSR count). The first-order valence-corrected chi connectivity index (χ1v) is 3.63. The van der Waals surface area contributed by atoms with Gasteiger partial charge in [0.25, 0.3) is 0 Å². The van der Waals surface area contributed by atoms with Gasteiger partial charge in [-0.25, -0.2) is 4.79 Å². The zero-order valence-corrected chi connectivity index (χ0v) is 9.04. The lowest BCUT2D eigenvalue weighted by molar-refractivity contribution is 0.0900. The van der Waals surface area contributed by atoms with E-state index in [1.165, 1.54) is 0 Å². The lowest BCUT2D eigenvalue weighted by atomic mass is 10.2. The van der Waals surface area contributed by atoms with Crippen LogP contribution < -0.4 is 0 Å². The van der Waals surface area contributed by atoms with Gasteiger partial charge in [0.1, 0.15) is 0 Å². The van der Waals surface area contributed by atoms with Crippen molar-refractivity contribution in [3.8, 4) is 0 Å². The third-order valence-electron chi connectivity index (χ3n) is 1.22. The fourth-order valence-electron chi connectivity index (χ4n) is 0.688. The zero-order chi connectivity index (χ0) is 7.82. The molecule has 0 saturated carbocycles. The summed E-state index contributed by atoms with van der Waals surface area (Å²) in [6.07, 6.45) is 3.05. The molecule has 0 aromatic carbocycles. The van der Waals surface area contributed by atoms with Gasteiger partial charge in [-0.2, -0.15) is 0 Å². The molecular weight excluding hydrogens is 259 g/mol. The first-order valence-electron chi connectivity index (χ1n) is 3.63. The van der Waals surface area contributed by atoms with Gasteiger partial charge in [-0.15, -0.1) is 24.0 Å². The maximum Gasteiger partial charge on any atom is 0.505 e. The van der Waals surface area contributed by atoms with E-state index >= 15 is 0 Å². The quantitative estimate of drug-likeness (QED) is 0.476. The molecule has 0 heterocycles. The minimum Gasteiger partial charge on any atom is -0.450 e. The van der Waals surface area contributed by atoms with Gasteiger partial charge in [0.15, 0.2) is 0 Å². The van der Waals surface area contributed by atoms with Crippen molar-refractivity contribution in [1.82, 2.24) is 0 Å². The molecule has 0 aromatic rings. The molecule has 0 bridgehead atoms. The Morgan fingerprint density at radius 3 is 2.45 bits per heavy atom. The van der Waals surface area contributed by atoms with Gasteiger partial charge >= 0.3 is 6.16 Å². The Morgan fingerprint density at radius 1 is 1.36 bits per heavy atom. The molecule has 0 unspecified atom stereocenters. The van der Waals surface area contributed by atoms with Gasteiger partial charge in [0, 0.05) is 0 Å². The van der Waals surface area contributed by atoms with Crippen molar-refractivity contribution in [2.24, 2.45) is 0 Å². The molecule has 0 atom stereocenters. The number of halogens is 1. The van der Waals surface area contributed by atoms with E-state index in [-0.39, 0.29) is 24.0 Å². The number of carboxylic acid groups (broad SMARTS) is 1. The normalized spacial score (nSPS) is 8.45. The maximum atomic E-state index is 9.81. The van der Waals surface area contributed by atoms with Crippen molar-refractivity contribution >= 4 is 30.1 Å². The molecule has 4 heteroatoms. The van der Waals surface area contributed by atoms with E-state index in [4.69, 9.17) is 5.11 Å². The monoisotopic (exact) mass is 274 g/mol. The fraction of sp³-hybridized carbons (Fsp3) is 0.857. The van der Waals surface area contributed by atoms with E-state index in [1.807, 2.05) is 0 Å². The topological polar surface area (TPSA) is 46.5 Å². The van der Waals surface area contributed by atoms with Crippen LogP contribution in [0.5, 0.6) is 0 Å². The second-order valence-corrected chi connectivity index (χ2v) is 2.18. The summed E-state index contributed by atoms with van der Waals surface area (Å²) >= 11 is 0. The highest BCUT2D eigenvalue weighted by Gasteiger charge is 1.93. The minimum atomic E-state index is -1.17. The number of carbonyl (C=O) groups is 1. The number of rotatable bonds is 5. The van der Waals surface area contributed by atoms with Crippen molar-refractivity contribution in [1.29, 1.82) is 0 Å². The Hall–Kier alpha value is 0. The molecule has 3 nitrogen and oxygen atoms in total. The summed E-state index contributed by atoms with van der Waals surface area (Å²) < 4.78 is 4.31. The Bertz CT molecular complexity index is 95.7. The Labute approximate surface area is 84.1 Å². The van der Waals surface area contributed by atoms with E-state index in [0.29, 0.717) is 6.61 Å². The van der Waals surface area contributed by atoms with E-state index in [0.717, 1.165) is 25.7 Å².